The number of aromatic nitrogens is 2. The Morgan fingerprint density at radius 1 is 1.09 bits per heavy atom. The molecule has 33 heavy (non-hydrogen) atoms. The van der Waals surface area contributed by atoms with E-state index in [0.717, 1.165) is 52.8 Å². The molecule has 1 N–H and O–H groups in total. The van der Waals surface area contributed by atoms with Gasteiger partial charge in [-0.05, 0) is 80.5 Å². The minimum Gasteiger partial charge on any atom is -0.325 e. The molecule has 1 aliphatic carbocycles. The number of para-hydroxylation sites is 1. The van der Waals surface area contributed by atoms with Crippen LogP contribution in [0.1, 0.15) is 34.4 Å². The number of hydrogen-bond acceptors (Lipinski definition) is 5. The summed E-state index contributed by atoms with van der Waals surface area (Å²) in [5.74, 6) is 0.0469. The highest BCUT2D eigenvalue weighted by molar-refractivity contribution is 7.99. The van der Waals surface area contributed by atoms with Crippen molar-refractivity contribution >= 4 is 44.9 Å². The van der Waals surface area contributed by atoms with Crippen LogP contribution >= 0.6 is 23.1 Å². The molecule has 5 nitrogen and oxygen atoms in total. The van der Waals surface area contributed by atoms with E-state index in [-0.39, 0.29) is 17.2 Å². The topological polar surface area (TPSA) is 64.0 Å². The van der Waals surface area contributed by atoms with Crippen LogP contribution in [0.5, 0.6) is 0 Å². The summed E-state index contributed by atoms with van der Waals surface area (Å²) in [6, 6.07) is 15.4. The number of carbonyl (C=O) groups is 1. The third-order valence-electron chi connectivity index (χ3n) is 6.10. The van der Waals surface area contributed by atoms with Crippen LogP contribution < -0.4 is 10.9 Å². The number of hydrogen-bond donors (Lipinski definition) is 1. The zero-order valence-electron chi connectivity index (χ0n) is 18.7. The Kier molecular flexibility index (Phi) is 6.08. The lowest BCUT2D eigenvalue weighted by atomic mass is 9.97. The van der Waals surface area contributed by atoms with Crippen molar-refractivity contribution in [3.05, 3.63) is 80.5 Å². The van der Waals surface area contributed by atoms with E-state index in [1.807, 2.05) is 62.4 Å². The third kappa shape index (κ3) is 4.35. The van der Waals surface area contributed by atoms with Crippen molar-refractivity contribution in [3.8, 4) is 5.69 Å². The van der Waals surface area contributed by atoms with Gasteiger partial charge in [-0.25, -0.2) is 4.98 Å². The standard InChI is InChI=1S/C26H25N3O2S2/c1-16-12-13-18(14-17(16)2)27-22(30)15-32-26-28-24-23(20-10-6-7-11-21(20)33-24)25(31)29(26)19-8-4-3-5-9-19/h3-5,8-9,12-14H,6-7,10-11,15H2,1-2H3,(H,27,30). The summed E-state index contributed by atoms with van der Waals surface area (Å²) in [6.07, 6.45) is 4.22. The molecular weight excluding hydrogens is 450 g/mol. The molecule has 1 aliphatic rings. The zero-order chi connectivity index (χ0) is 22.9. The van der Waals surface area contributed by atoms with E-state index in [0.29, 0.717) is 5.16 Å². The molecule has 1 amide bonds. The van der Waals surface area contributed by atoms with Crippen LogP contribution in [0.25, 0.3) is 15.9 Å². The van der Waals surface area contributed by atoms with Crippen LogP contribution in [-0.4, -0.2) is 21.2 Å². The second kappa shape index (κ2) is 9.15. The first kappa shape index (κ1) is 21.9. The van der Waals surface area contributed by atoms with Gasteiger partial charge in [0.15, 0.2) is 5.16 Å². The van der Waals surface area contributed by atoms with Crippen molar-refractivity contribution < 1.29 is 4.79 Å². The first-order valence-corrected chi connectivity index (χ1v) is 12.9. The second-order valence-electron chi connectivity index (χ2n) is 8.40. The molecule has 7 heteroatoms. The number of thiophene rings is 1. The predicted octanol–water partition coefficient (Wildman–Crippen LogP) is 5.67. The lowest BCUT2D eigenvalue weighted by Gasteiger charge is -2.13. The van der Waals surface area contributed by atoms with E-state index in [1.54, 1.807) is 15.9 Å². The zero-order valence-corrected chi connectivity index (χ0v) is 20.3. The summed E-state index contributed by atoms with van der Waals surface area (Å²) in [4.78, 5) is 33.4. The van der Waals surface area contributed by atoms with Gasteiger partial charge in [0, 0.05) is 10.6 Å². The molecule has 0 bridgehead atoms. The van der Waals surface area contributed by atoms with Gasteiger partial charge < -0.3 is 5.32 Å². The summed E-state index contributed by atoms with van der Waals surface area (Å²) in [5, 5.41) is 4.26. The fourth-order valence-electron chi connectivity index (χ4n) is 4.23. The minimum atomic E-state index is -0.123. The molecule has 168 valence electrons. The van der Waals surface area contributed by atoms with E-state index in [2.05, 4.69) is 5.32 Å². The highest BCUT2D eigenvalue weighted by Gasteiger charge is 2.23. The number of anilines is 1. The molecule has 0 atom stereocenters. The van der Waals surface area contributed by atoms with Gasteiger partial charge >= 0.3 is 0 Å². The summed E-state index contributed by atoms with van der Waals surface area (Å²) >= 11 is 2.93. The lowest BCUT2D eigenvalue weighted by Crippen LogP contribution is -2.23. The monoisotopic (exact) mass is 475 g/mol. The molecule has 2 heterocycles. The smallest absolute Gasteiger partial charge is 0.267 e. The average Bonchev–Trinajstić information content (AvgIpc) is 3.19. The number of amides is 1. The van der Waals surface area contributed by atoms with Crippen molar-refractivity contribution in [1.29, 1.82) is 0 Å². The Bertz CT molecular complexity index is 1410. The number of nitrogens with one attached hydrogen (secondary N) is 1. The summed E-state index contributed by atoms with van der Waals surface area (Å²) in [6.45, 7) is 4.07. The Balaban J connectivity index is 1.49. The molecule has 0 unspecified atom stereocenters. The van der Waals surface area contributed by atoms with Gasteiger partial charge in [0.1, 0.15) is 4.83 Å². The Labute approximate surface area is 200 Å². The van der Waals surface area contributed by atoms with Gasteiger partial charge in [-0.1, -0.05) is 36.0 Å². The van der Waals surface area contributed by atoms with Crippen LogP contribution in [0, 0.1) is 13.8 Å². The predicted molar refractivity (Wildman–Crippen MR) is 137 cm³/mol. The van der Waals surface area contributed by atoms with Crippen molar-refractivity contribution in [2.75, 3.05) is 11.1 Å². The van der Waals surface area contributed by atoms with Crippen LogP contribution in [0.2, 0.25) is 0 Å². The SMILES string of the molecule is Cc1ccc(NC(=O)CSc2nc3sc4c(c3c(=O)n2-c2ccccc2)CCCC4)cc1C. The molecule has 0 fully saturated rings. The maximum atomic E-state index is 13.7. The Morgan fingerprint density at radius 3 is 2.67 bits per heavy atom. The summed E-state index contributed by atoms with van der Waals surface area (Å²) in [7, 11) is 0. The van der Waals surface area contributed by atoms with Crippen LogP contribution in [-0.2, 0) is 17.6 Å². The van der Waals surface area contributed by atoms with Crippen LogP contribution in [0.15, 0.2) is 58.5 Å². The summed E-state index contributed by atoms with van der Waals surface area (Å²) in [5.41, 5.74) is 5.00. The maximum absolute atomic E-state index is 13.7. The Morgan fingerprint density at radius 2 is 1.88 bits per heavy atom. The fraction of sp³-hybridized carbons (Fsp3) is 0.269. The van der Waals surface area contributed by atoms with Gasteiger partial charge in [0.25, 0.3) is 5.56 Å². The lowest BCUT2D eigenvalue weighted by molar-refractivity contribution is -0.113. The molecule has 0 saturated carbocycles. The first-order valence-electron chi connectivity index (χ1n) is 11.1. The van der Waals surface area contributed by atoms with E-state index < -0.39 is 0 Å². The fourth-order valence-corrected chi connectivity index (χ4v) is 6.35. The van der Waals surface area contributed by atoms with Crippen LogP contribution in [0.3, 0.4) is 0 Å². The maximum Gasteiger partial charge on any atom is 0.267 e. The molecule has 0 saturated heterocycles. The number of carbonyl (C=O) groups excluding carboxylic acids is 1. The number of nitrogens with zero attached hydrogens (tertiary/aromatic N) is 2. The number of rotatable bonds is 5. The minimum absolute atomic E-state index is 0.0392. The molecule has 0 radical (unpaired) electrons. The van der Waals surface area contributed by atoms with E-state index in [9.17, 15) is 9.59 Å². The number of thioether (sulfide) groups is 1. The van der Waals surface area contributed by atoms with Gasteiger partial charge in [-0.3, -0.25) is 14.2 Å². The van der Waals surface area contributed by atoms with E-state index in [1.165, 1.54) is 27.8 Å². The molecular formula is C26H25N3O2S2. The number of fused-ring (bicyclic) bond motifs is 3. The van der Waals surface area contributed by atoms with Gasteiger partial charge in [0.2, 0.25) is 5.91 Å². The first-order chi connectivity index (χ1) is 16.0. The van der Waals surface area contributed by atoms with Gasteiger partial charge in [0.05, 0.1) is 16.8 Å². The van der Waals surface area contributed by atoms with Crippen LogP contribution in [0.4, 0.5) is 5.69 Å². The third-order valence-corrected chi connectivity index (χ3v) is 8.22. The number of aryl methyl sites for hydroxylation is 4. The highest BCUT2D eigenvalue weighted by Crippen LogP contribution is 2.35. The van der Waals surface area contributed by atoms with Crippen molar-refractivity contribution in [3.63, 3.8) is 0 Å². The normalized spacial score (nSPS) is 13.2. The quantitative estimate of drug-likeness (QED) is 0.298. The molecule has 2 aromatic carbocycles. The van der Waals surface area contributed by atoms with Crippen molar-refractivity contribution in [2.45, 2.75) is 44.7 Å². The molecule has 0 aliphatic heterocycles. The molecule has 0 spiro atoms. The van der Waals surface area contributed by atoms with E-state index in [4.69, 9.17) is 4.98 Å². The van der Waals surface area contributed by atoms with Gasteiger partial charge in [-0.15, -0.1) is 11.3 Å². The summed E-state index contributed by atoms with van der Waals surface area (Å²) < 4.78 is 1.66. The largest absolute Gasteiger partial charge is 0.325 e. The molecule has 5 rings (SSSR count). The van der Waals surface area contributed by atoms with E-state index >= 15 is 0 Å². The average molecular weight is 476 g/mol. The molecule has 2 aromatic heterocycles. The number of benzene rings is 2. The van der Waals surface area contributed by atoms with Crippen molar-refractivity contribution in [2.24, 2.45) is 0 Å². The van der Waals surface area contributed by atoms with Gasteiger partial charge in [-0.2, -0.15) is 0 Å². The van der Waals surface area contributed by atoms with Crippen molar-refractivity contribution in [1.82, 2.24) is 9.55 Å². The second-order valence-corrected chi connectivity index (χ2v) is 10.4. The highest BCUT2D eigenvalue weighted by atomic mass is 32.2. The Hall–Kier alpha value is -2.90. The molecule has 4 aromatic rings.